The Balaban J connectivity index is 1.99. The highest BCUT2D eigenvalue weighted by Crippen LogP contribution is 2.25. The number of benzene rings is 1. The van der Waals surface area contributed by atoms with E-state index in [0.717, 1.165) is 25.2 Å². The minimum Gasteiger partial charge on any atom is -0.379 e. The minimum absolute atomic E-state index is 0.111. The molecule has 0 saturated carbocycles. The maximum absolute atomic E-state index is 13.2. The molecule has 0 spiro atoms. The summed E-state index contributed by atoms with van der Waals surface area (Å²) in [5, 5.41) is 13.9. The Hall–Kier alpha value is -1.73. The van der Waals surface area contributed by atoms with Crippen LogP contribution in [0.5, 0.6) is 0 Å². The quantitative estimate of drug-likeness (QED) is 0.660. The van der Waals surface area contributed by atoms with Gasteiger partial charge in [-0.25, -0.2) is 4.39 Å². The summed E-state index contributed by atoms with van der Waals surface area (Å²) in [5.74, 6) is -0.489. The van der Waals surface area contributed by atoms with Gasteiger partial charge >= 0.3 is 0 Å². The summed E-state index contributed by atoms with van der Waals surface area (Å²) in [7, 11) is 0. The second-order valence-electron chi connectivity index (χ2n) is 4.80. The predicted octanol–water partition coefficient (Wildman–Crippen LogP) is 1.87. The van der Waals surface area contributed by atoms with Gasteiger partial charge in [-0.2, -0.15) is 0 Å². The van der Waals surface area contributed by atoms with Gasteiger partial charge in [0.1, 0.15) is 11.5 Å². The van der Waals surface area contributed by atoms with Crippen LogP contribution in [0.4, 0.5) is 15.8 Å². The zero-order valence-corrected chi connectivity index (χ0v) is 11.3. The van der Waals surface area contributed by atoms with Crippen LogP contribution in [0.3, 0.4) is 0 Å². The molecule has 6 nitrogen and oxygen atoms in total. The van der Waals surface area contributed by atoms with Crippen molar-refractivity contribution in [1.82, 2.24) is 4.90 Å². The van der Waals surface area contributed by atoms with Crippen LogP contribution in [0.1, 0.15) is 6.92 Å². The molecule has 1 N–H and O–H groups in total. The number of hydrogen-bond acceptors (Lipinski definition) is 5. The average Bonchev–Trinajstić information content (AvgIpc) is 2.45. The van der Waals surface area contributed by atoms with Gasteiger partial charge in [0.15, 0.2) is 0 Å². The van der Waals surface area contributed by atoms with Gasteiger partial charge in [0, 0.05) is 37.8 Å². The van der Waals surface area contributed by atoms with Crippen LogP contribution >= 0.6 is 0 Å². The number of morpholine rings is 1. The first-order valence-corrected chi connectivity index (χ1v) is 6.57. The molecule has 1 saturated heterocycles. The summed E-state index contributed by atoms with van der Waals surface area (Å²) in [5.41, 5.74) is 0.107. The fraction of sp³-hybridized carbons (Fsp3) is 0.538. The molecule has 1 unspecified atom stereocenters. The van der Waals surface area contributed by atoms with Crippen LogP contribution in [-0.2, 0) is 4.74 Å². The number of anilines is 1. The molecule has 0 amide bonds. The number of nitrogens with zero attached hydrogens (tertiary/aromatic N) is 2. The largest absolute Gasteiger partial charge is 0.379 e. The number of nitro benzene ring substituents is 1. The maximum atomic E-state index is 13.2. The van der Waals surface area contributed by atoms with Gasteiger partial charge in [-0.05, 0) is 13.0 Å². The second-order valence-corrected chi connectivity index (χ2v) is 4.80. The van der Waals surface area contributed by atoms with E-state index in [-0.39, 0.29) is 17.4 Å². The van der Waals surface area contributed by atoms with Crippen molar-refractivity contribution < 1.29 is 14.1 Å². The number of nitro groups is 1. The second kappa shape index (κ2) is 6.62. The molecule has 1 fully saturated rings. The molecule has 0 aliphatic carbocycles. The zero-order chi connectivity index (χ0) is 14.5. The van der Waals surface area contributed by atoms with Gasteiger partial charge in [-0.15, -0.1) is 0 Å². The summed E-state index contributed by atoms with van der Waals surface area (Å²) >= 11 is 0. The third-order valence-corrected chi connectivity index (χ3v) is 3.41. The molecule has 2 rings (SSSR count). The summed E-state index contributed by atoms with van der Waals surface area (Å²) in [4.78, 5) is 12.6. The van der Waals surface area contributed by atoms with E-state index in [1.807, 2.05) is 6.92 Å². The van der Waals surface area contributed by atoms with Crippen molar-refractivity contribution in [2.75, 3.05) is 38.2 Å². The van der Waals surface area contributed by atoms with Gasteiger partial charge < -0.3 is 10.1 Å². The molecule has 0 bridgehead atoms. The lowest BCUT2D eigenvalue weighted by Crippen LogP contribution is -2.45. The molecular weight excluding hydrogens is 265 g/mol. The van der Waals surface area contributed by atoms with Crippen LogP contribution in [0.15, 0.2) is 18.2 Å². The van der Waals surface area contributed by atoms with Crippen LogP contribution in [-0.4, -0.2) is 48.7 Å². The molecule has 20 heavy (non-hydrogen) atoms. The molecule has 110 valence electrons. The standard InChI is InChI=1S/C13H18FN3O3/c1-10(16-4-6-20-7-5-16)9-15-12-8-11(14)2-3-13(12)17(18)19/h2-3,8,10,15H,4-7,9H2,1H3. The Morgan fingerprint density at radius 3 is 2.85 bits per heavy atom. The lowest BCUT2D eigenvalue weighted by atomic mass is 10.2. The number of ether oxygens (including phenoxy) is 1. The molecule has 1 aromatic rings. The van der Waals surface area contributed by atoms with Crippen molar-refractivity contribution in [3.63, 3.8) is 0 Å². The van der Waals surface area contributed by atoms with E-state index in [9.17, 15) is 14.5 Å². The monoisotopic (exact) mass is 283 g/mol. The summed E-state index contributed by atoms with van der Waals surface area (Å²) < 4.78 is 18.5. The molecule has 1 aliphatic heterocycles. The van der Waals surface area contributed by atoms with E-state index in [2.05, 4.69) is 10.2 Å². The van der Waals surface area contributed by atoms with Crippen LogP contribution < -0.4 is 5.32 Å². The molecule has 7 heteroatoms. The van der Waals surface area contributed by atoms with E-state index in [4.69, 9.17) is 4.74 Å². The highest BCUT2D eigenvalue weighted by molar-refractivity contribution is 5.61. The van der Waals surface area contributed by atoms with Gasteiger partial charge in [0.25, 0.3) is 5.69 Å². The summed E-state index contributed by atoms with van der Waals surface area (Å²) in [6, 6.07) is 3.62. The fourth-order valence-corrected chi connectivity index (χ4v) is 2.21. The number of halogens is 1. The first kappa shape index (κ1) is 14.7. The van der Waals surface area contributed by atoms with Gasteiger partial charge in [-0.1, -0.05) is 0 Å². The van der Waals surface area contributed by atoms with Crippen molar-refractivity contribution in [3.05, 3.63) is 34.1 Å². The molecule has 0 aromatic heterocycles. The molecule has 0 radical (unpaired) electrons. The van der Waals surface area contributed by atoms with Crippen molar-refractivity contribution in [2.45, 2.75) is 13.0 Å². The van der Waals surface area contributed by atoms with Crippen molar-refractivity contribution in [3.8, 4) is 0 Å². The molecule has 1 aliphatic rings. The molecule has 1 atom stereocenters. The lowest BCUT2D eigenvalue weighted by Gasteiger charge is -2.32. The smallest absolute Gasteiger partial charge is 0.292 e. The normalized spacial score (nSPS) is 17.7. The topological polar surface area (TPSA) is 67.6 Å². The van der Waals surface area contributed by atoms with E-state index in [0.29, 0.717) is 19.8 Å². The Morgan fingerprint density at radius 2 is 2.20 bits per heavy atom. The Morgan fingerprint density at radius 1 is 1.50 bits per heavy atom. The third kappa shape index (κ3) is 3.64. The summed E-state index contributed by atoms with van der Waals surface area (Å²) in [6.45, 7) is 5.63. The highest BCUT2D eigenvalue weighted by Gasteiger charge is 2.19. The van der Waals surface area contributed by atoms with Crippen molar-refractivity contribution >= 4 is 11.4 Å². The van der Waals surface area contributed by atoms with Crippen LogP contribution in [0.2, 0.25) is 0 Å². The van der Waals surface area contributed by atoms with Gasteiger partial charge in [0.2, 0.25) is 0 Å². The van der Waals surface area contributed by atoms with Crippen LogP contribution in [0.25, 0.3) is 0 Å². The first-order chi connectivity index (χ1) is 9.58. The lowest BCUT2D eigenvalue weighted by molar-refractivity contribution is -0.384. The third-order valence-electron chi connectivity index (χ3n) is 3.41. The van der Waals surface area contributed by atoms with E-state index in [1.54, 1.807) is 0 Å². The fourth-order valence-electron chi connectivity index (χ4n) is 2.21. The zero-order valence-electron chi connectivity index (χ0n) is 11.3. The van der Waals surface area contributed by atoms with E-state index in [1.165, 1.54) is 6.07 Å². The Bertz CT molecular complexity index is 478. The number of rotatable bonds is 5. The Labute approximate surface area is 116 Å². The van der Waals surface area contributed by atoms with Crippen LogP contribution in [0, 0.1) is 15.9 Å². The molecule has 1 heterocycles. The molecule has 1 aromatic carbocycles. The van der Waals surface area contributed by atoms with E-state index >= 15 is 0 Å². The van der Waals surface area contributed by atoms with Gasteiger partial charge in [0.05, 0.1) is 18.1 Å². The van der Waals surface area contributed by atoms with Crippen molar-refractivity contribution in [2.24, 2.45) is 0 Å². The van der Waals surface area contributed by atoms with E-state index < -0.39 is 10.7 Å². The highest BCUT2D eigenvalue weighted by atomic mass is 19.1. The molecular formula is C13H18FN3O3. The predicted molar refractivity (Wildman–Crippen MR) is 73.4 cm³/mol. The first-order valence-electron chi connectivity index (χ1n) is 6.57. The maximum Gasteiger partial charge on any atom is 0.292 e. The Kier molecular flexibility index (Phi) is 4.86. The minimum atomic E-state index is -0.513. The average molecular weight is 283 g/mol. The van der Waals surface area contributed by atoms with Crippen molar-refractivity contribution in [1.29, 1.82) is 0 Å². The van der Waals surface area contributed by atoms with Gasteiger partial charge in [-0.3, -0.25) is 15.0 Å². The number of nitrogens with one attached hydrogen (secondary N) is 1. The number of hydrogen-bond donors (Lipinski definition) is 1. The summed E-state index contributed by atoms with van der Waals surface area (Å²) in [6.07, 6.45) is 0. The SMILES string of the molecule is CC(CNc1cc(F)ccc1[N+](=O)[O-])N1CCOCC1.